The molecule has 0 spiro atoms. The van der Waals surface area contributed by atoms with Crippen molar-refractivity contribution in [2.45, 2.75) is 19.4 Å². The lowest BCUT2D eigenvalue weighted by Gasteiger charge is -2.25. The minimum absolute atomic E-state index is 0.0799. The van der Waals surface area contributed by atoms with Crippen molar-refractivity contribution in [2.24, 2.45) is 5.92 Å². The molecule has 0 aromatic heterocycles. The second kappa shape index (κ2) is 7.35. The number of nitrogens with zero attached hydrogens (tertiary/aromatic N) is 2. The summed E-state index contributed by atoms with van der Waals surface area (Å²) < 4.78 is 5.27. The van der Waals surface area contributed by atoms with E-state index in [-0.39, 0.29) is 29.8 Å². The maximum atomic E-state index is 12.3. The first-order valence-corrected chi connectivity index (χ1v) is 8.26. The predicted octanol–water partition coefficient (Wildman–Crippen LogP) is 3.11. The van der Waals surface area contributed by atoms with E-state index in [2.05, 4.69) is 0 Å². The van der Waals surface area contributed by atoms with Gasteiger partial charge in [-0.05, 0) is 24.6 Å². The van der Waals surface area contributed by atoms with Crippen molar-refractivity contribution in [3.8, 4) is 5.75 Å². The Hall–Kier alpha value is -3.22. The molecule has 2 aromatic rings. The van der Waals surface area contributed by atoms with Crippen molar-refractivity contribution >= 4 is 17.6 Å². The third kappa shape index (κ3) is 3.72. The lowest BCUT2D eigenvalue weighted by atomic mass is 10.1. The van der Waals surface area contributed by atoms with Crippen molar-refractivity contribution < 1.29 is 19.2 Å². The van der Waals surface area contributed by atoms with E-state index < -0.39 is 16.8 Å². The number of nitro groups is 1. The monoisotopic (exact) mass is 354 g/mol. The molecule has 0 unspecified atom stereocenters. The number of amides is 1. The van der Waals surface area contributed by atoms with E-state index in [9.17, 15) is 19.7 Å². The van der Waals surface area contributed by atoms with Crippen LogP contribution in [0.15, 0.2) is 54.6 Å². The van der Waals surface area contributed by atoms with Gasteiger partial charge in [0, 0.05) is 25.1 Å². The quantitative estimate of drug-likeness (QED) is 0.356. The van der Waals surface area contributed by atoms with Crippen LogP contribution in [0.2, 0.25) is 0 Å². The molecule has 26 heavy (non-hydrogen) atoms. The largest absolute Gasteiger partial charge is 0.426 e. The average molecular weight is 354 g/mol. The lowest BCUT2D eigenvalue weighted by Crippen LogP contribution is -2.30. The summed E-state index contributed by atoms with van der Waals surface area (Å²) in [5.41, 5.74) is 0.925. The maximum absolute atomic E-state index is 12.3. The van der Waals surface area contributed by atoms with Gasteiger partial charge in [0.2, 0.25) is 5.91 Å². The number of nitro benzene ring substituents is 1. The first-order chi connectivity index (χ1) is 12.5. The summed E-state index contributed by atoms with van der Waals surface area (Å²) in [4.78, 5) is 36.5. The number of carbonyl (C=O) groups is 2. The molecule has 1 aliphatic heterocycles. The zero-order valence-corrected chi connectivity index (χ0v) is 14.2. The summed E-state index contributed by atoms with van der Waals surface area (Å²) in [6.45, 7) is 2.22. The van der Waals surface area contributed by atoms with Crippen molar-refractivity contribution in [2.75, 3.05) is 6.54 Å². The van der Waals surface area contributed by atoms with E-state index in [0.29, 0.717) is 6.54 Å². The molecule has 0 bridgehead atoms. The van der Waals surface area contributed by atoms with E-state index in [1.807, 2.05) is 37.3 Å². The number of ether oxygens (including phenoxy) is 1. The summed E-state index contributed by atoms with van der Waals surface area (Å²) in [7, 11) is 0. The van der Waals surface area contributed by atoms with E-state index >= 15 is 0 Å². The molecule has 134 valence electrons. The molecule has 1 fully saturated rings. The molecule has 0 N–H and O–H groups in total. The van der Waals surface area contributed by atoms with Gasteiger partial charge in [-0.2, -0.15) is 0 Å². The number of esters is 1. The maximum Gasteiger partial charge on any atom is 0.316 e. The molecule has 1 heterocycles. The molecule has 2 atom stereocenters. The van der Waals surface area contributed by atoms with Crippen LogP contribution in [0.1, 0.15) is 24.9 Å². The van der Waals surface area contributed by atoms with Crippen LogP contribution in [-0.4, -0.2) is 28.2 Å². The number of carbonyl (C=O) groups excluding carboxylic acids is 2. The van der Waals surface area contributed by atoms with Crippen molar-refractivity contribution in [3.05, 3.63) is 70.3 Å². The van der Waals surface area contributed by atoms with E-state index in [1.54, 1.807) is 4.90 Å². The third-order valence-corrected chi connectivity index (χ3v) is 4.51. The van der Waals surface area contributed by atoms with E-state index in [0.717, 1.165) is 5.56 Å². The van der Waals surface area contributed by atoms with Crippen LogP contribution in [0.3, 0.4) is 0 Å². The Morgan fingerprint density at radius 3 is 2.46 bits per heavy atom. The van der Waals surface area contributed by atoms with Crippen LogP contribution < -0.4 is 4.74 Å². The second-order valence-electron chi connectivity index (χ2n) is 6.21. The summed E-state index contributed by atoms with van der Waals surface area (Å²) in [5, 5.41) is 10.7. The number of benzene rings is 2. The van der Waals surface area contributed by atoms with Crippen LogP contribution >= 0.6 is 0 Å². The van der Waals surface area contributed by atoms with Crippen molar-refractivity contribution in [3.63, 3.8) is 0 Å². The summed E-state index contributed by atoms with van der Waals surface area (Å²) >= 11 is 0. The van der Waals surface area contributed by atoms with Gasteiger partial charge in [0.25, 0.3) is 5.69 Å². The van der Waals surface area contributed by atoms with Gasteiger partial charge in [-0.3, -0.25) is 19.7 Å². The molecule has 0 saturated carbocycles. The summed E-state index contributed by atoms with van der Waals surface area (Å²) in [5.74, 6) is -0.923. The van der Waals surface area contributed by atoms with Gasteiger partial charge in [-0.15, -0.1) is 0 Å². The smallest absolute Gasteiger partial charge is 0.316 e. The van der Waals surface area contributed by atoms with Gasteiger partial charge in [-0.25, -0.2) is 0 Å². The summed E-state index contributed by atoms with van der Waals surface area (Å²) in [6.07, 6.45) is 0.100. The highest BCUT2D eigenvalue weighted by molar-refractivity contribution is 5.87. The van der Waals surface area contributed by atoms with Gasteiger partial charge < -0.3 is 9.64 Å². The van der Waals surface area contributed by atoms with Gasteiger partial charge in [0.05, 0.1) is 16.9 Å². The van der Waals surface area contributed by atoms with Crippen LogP contribution in [0.25, 0.3) is 0 Å². The SMILES string of the molecule is C[C@@H](c1ccccc1)N1C[C@@H](C(=O)Oc2ccc([N+](=O)[O-])cc2)CC1=O. The Bertz CT molecular complexity index is 820. The second-order valence-corrected chi connectivity index (χ2v) is 6.21. The molecule has 1 amide bonds. The molecule has 7 nitrogen and oxygen atoms in total. The van der Waals surface area contributed by atoms with Crippen LogP contribution in [0, 0.1) is 16.0 Å². The standard InChI is InChI=1S/C19H18N2O5/c1-13(14-5-3-2-4-6-14)20-12-15(11-18(20)22)19(23)26-17-9-7-16(8-10-17)21(24)25/h2-10,13,15H,11-12H2,1H3/t13-,15-/m0/s1. The van der Waals surface area contributed by atoms with E-state index in [1.165, 1.54) is 24.3 Å². The Labute approximate surface area is 150 Å². The number of hydrogen-bond acceptors (Lipinski definition) is 5. The molecule has 3 rings (SSSR count). The first-order valence-electron chi connectivity index (χ1n) is 8.26. The van der Waals surface area contributed by atoms with Gasteiger partial charge >= 0.3 is 5.97 Å². The molecule has 1 aliphatic rings. The van der Waals surface area contributed by atoms with Gasteiger partial charge in [-0.1, -0.05) is 30.3 Å². The fourth-order valence-corrected chi connectivity index (χ4v) is 3.01. The Balaban J connectivity index is 1.64. The highest BCUT2D eigenvalue weighted by Crippen LogP contribution is 2.29. The fraction of sp³-hybridized carbons (Fsp3) is 0.263. The minimum Gasteiger partial charge on any atom is -0.426 e. The van der Waals surface area contributed by atoms with E-state index in [4.69, 9.17) is 4.74 Å². The molecular formula is C19H18N2O5. The number of likely N-dealkylation sites (tertiary alicyclic amines) is 1. The summed E-state index contributed by atoms with van der Waals surface area (Å²) in [6, 6.07) is 14.8. The Morgan fingerprint density at radius 2 is 1.85 bits per heavy atom. The van der Waals surface area contributed by atoms with Gasteiger partial charge in [0.15, 0.2) is 0 Å². The number of non-ortho nitro benzene ring substituents is 1. The van der Waals surface area contributed by atoms with Crippen LogP contribution in [-0.2, 0) is 9.59 Å². The topological polar surface area (TPSA) is 89.8 Å². The fourth-order valence-electron chi connectivity index (χ4n) is 3.01. The molecule has 1 saturated heterocycles. The third-order valence-electron chi connectivity index (χ3n) is 4.51. The zero-order chi connectivity index (χ0) is 18.7. The molecular weight excluding hydrogens is 336 g/mol. The normalized spacial score (nSPS) is 17.8. The number of hydrogen-bond donors (Lipinski definition) is 0. The Morgan fingerprint density at radius 1 is 1.19 bits per heavy atom. The predicted molar refractivity (Wildman–Crippen MR) is 93.4 cm³/mol. The highest BCUT2D eigenvalue weighted by Gasteiger charge is 2.38. The molecule has 7 heteroatoms. The molecule has 2 aromatic carbocycles. The van der Waals surface area contributed by atoms with Crippen molar-refractivity contribution in [1.29, 1.82) is 0 Å². The zero-order valence-electron chi connectivity index (χ0n) is 14.2. The first kappa shape index (κ1) is 17.6. The number of rotatable bonds is 5. The average Bonchev–Trinajstić information content (AvgIpc) is 3.04. The molecule has 0 aliphatic carbocycles. The Kier molecular flexibility index (Phi) is 4.97. The minimum atomic E-state index is -0.552. The van der Waals surface area contributed by atoms with Gasteiger partial charge in [0.1, 0.15) is 5.75 Å². The molecule has 0 radical (unpaired) electrons. The van der Waals surface area contributed by atoms with Crippen LogP contribution in [0.4, 0.5) is 5.69 Å². The lowest BCUT2D eigenvalue weighted by molar-refractivity contribution is -0.384. The van der Waals surface area contributed by atoms with Crippen molar-refractivity contribution in [1.82, 2.24) is 4.90 Å². The highest BCUT2D eigenvalue weighted by atomic mass is 16.6. The van der Waals surface area contributed by atoms with Crippen LogP contribution in [0.5, 0.6) is 5.75 Å².